The van der Waals surface area contributed by atoms with Gasteiger partial charge in [-0.2, -0.15) is 0 Å². The number of hydrogen-bond acceptors (Lipinski definition) is 6. The number of thioether (sulfide) groups is 1. The Labute approximate surface area is 137 Å². The SMILES string of the molecule is C[C@H](NC(=O)CSc1nnc(NC2CC2)s1)c1ccccc1. The molecule has 0 radical (unpaired) electrons. The maximum atomic E-state index is 12.0. The second kappa shape index (κ2) is 7.11. The maximum absolute atomic E-state index is 12.0. The van der Waals surface area contributed by atoms with Crippen molar-refractivity contribution < 1.29 is 4.79 Å². The smallest absolute Gasteiger partial charge is 0.230 e. The standard InChI is InChI=1S/C15H18N4OS2/c1-10(11-5-3-2-4-6-11)16-13(20)9-21-15-19-18-14(22-15)17-12-7-8-12/h2-6,10,12H,7-9H2,1H3,(H,16,20)(H,17,18)/t10-/m0/s1. The summed E-state index contributed by atoms with van der Waals surface area (Å²) in [5, 5.41) is 15.3. The summed E-state index contributed by atoms with van der Waals surface area (Å²) in [4.78, 5) is 12.0. The molecule has 1 aliphatic rings. The lowest BCUT2D eigenvalue weighted by Crippen LogP contribution is -2.28. The Bertz CT molecular complexity index is 627. The van der Waals surface area contributed by atoms with E-state index in [-0.39, 0.29) is 11.9 Å². The minimum atomic E-state index is 0.00764. The number of carbonyl (C=O) groups is 1. The summed E-state index contributed by atoms with van der Waals surface area (Å²) >= 11 is 2.93. The van der Waals surface area contributed by atoms with Gasteiger partial charge < -0.3 is 10.6 Å². The zero-order valence-corrected chi connectivity index (χ0v) is 13.9. The van der Waals surface area contributed by atoms with E-state index in [0.29, 0.717) is 11.8 Å². The Morgan fingerprint density at radius 2 is 2.14 bits per heavy atom. The molecule has 22 heavy (non-hydrogen) atoms. The van der Waals surface area contributed by atoms with Crippen LogP contribution in [0.1, 0.15) is 31.4 Å². The Kier molecular flexibility index (Phi) is 4.94. The molecule has 1 heterocycles. The van der Waals surface area contributed by atoms with Crippen molar-refractivity contribution in [2.45, 2.75) is 36.2 Å². The Balaban J connectivity index is 1.44. The van der Waals surface area contributed by atoms with Gasteiger partial charge in [0.1, 0.15) is 0 Å². The van der Waals surface area contributed by atoms with Crippen LogP contribution in [-0.4, -0.2) is 27.9 Å². The minimum Gasteiger partial charge on any atom is -0.357 e. The van der Waals surface area contributed by atoms with Crippen LogP contribution in [0.4, 0.5) is 5.13 Å². The molecule has 1 amide bonds. The molecule has 3 rings (SSSR count). The van der Waals surface area contributed by atoms with E-state index in [1.807, 2.05) is 37.3 Å². The zero-order chi connectivity index (χ0) is 15.4. The lowest BCUT2D eigenvalue weighted by atomic mass is 10.1. The molecule has 2 N–H and O–H groups in total. The highest BCUT2D eigenvalue weighted by Crippen LogP contribution is 2.30. The van der Waals surface area contributed by atoms with E-state index in [0.717, 1.165) is 15.0 Å². The van der Waals surface area contributed by atoms with Gasteiger partial charge in [0.05, 0.1) is 11.8 Å². The van der Waals surface area contributed by atoms with Crippen molar-refractivity contribution in [3.63, 3.8) is 0 Å². The van der Waals surface area contributed by atoms with Crippen LogP contribution in [0.3, 0.4) is 0 Å². The van der Waals surface area contributed by atoms with Gasteiger partial charge in [-0.15, -0.1) is 10.2 Å². The van der Waals surface area contributed by atoms with Crippen LogP contribution in [0.15, 0.2) is 34.7 Å². The monoisotopic (exact) mass is 334 g/mol. The first-order chi connectivity index (χ1) is 10.7. The molecule has 5 nitrogen and oxygen atoms in total. The molecular weight excluding hydrogens is 316 g/mol. The molecule has 1 atom stereocenters. The lowest BCUT2D eigenvalue weighted by molar-refractivity contribution is -0.119. The van der Waals surface area contributed by atoms with Crippen molar-refractivity contribution in [2.75, 3.05) is 11.1 Å². The quantitative estimate of drug-likeness (QED) is 0.762. The number of rotatable bonds is 7. The molecule has 0 aliphatic heterocycles. The second-order valence-electron chi connectivity index (χ2n) is 5.28. The van der Waals surface area contributed by atoms with E-state index in [9.17, 15) is 4.79 Å². The average molecular weight is 334 g/mol. The van der Waals surface area contributed by atoms with Crippen LogP contribution in [-0.2, 0) is 4.79 Å². The van der Waals surface area contributed by atoms with E-state index in [1.165, 1.54) is 35.9 Å². The Hall–Kier alpha value is -1.60. The molecule has 1 saturated carbocycles. The van der Waals surface area contributed by atoms with Crippen molar-refractivity contribution in [2.24, 2.45) is 0 Å². The van der Waals surface area contributed by atoms with Gasteiger partial charge in [-0.1, -0.05) is 53.4 Å². The third-order valence-electron chi connectivity index (χ3n) is 3.32. The number of hydrogen-bond donors (Lipinski definition) is 2. The van der Waals surface area contributed by atoms with Crippen LogP contribution in [0.2, 0.25) is 0 Å². The van der Waals surface area contributed by atoms with Crippen molar-refractivity contribution in [3.8, 4) is 0 Å². The van der Waals surface area contributed by atoms with Crippen molar-refractivity contribution >= 4 is 34.1 Å². The van der Waals surface area contributed by atoms with Gasteiger partial charge >= 0.3 is 0 Å². The van der Waals surface area contributed by atoms with E-state index < -0.39 is 0 Å². The van der Waals surface area contributed by atoms with E-state index in [4.69, 9.17) is 0 Å². The predicted molar refractivity (Wildman–Crippen MR) is 90.3 cm³/mol. The Morgan fingerprint density at radius 1 is 1.36 bits per heavy atom. The predicted octanol–water partition coefficient (Wildman–Crippen LogP) is 3.08. The van der Waals surface area contributed by atoms with Crippen LogP contribution >= 0.6 is 23.1 Å². The van der Waals surface area contributed by atoms with Crippen molar-refractivity contribution in [1.82, 2.24) is 15.5 Å². The fourth-order valence-electron chi connectivity index (χ4n) is 1.96. The van der Waals surface area contributed by atoms with Crippen LogP contribution in [0.25, 0.3) is 0 Å². The van der Waals surface area contributed by atoms with Gasteiger partial charge in [-0.25, -0.2) is 0 Å². The van der Waals surface area contributed by atoms with E-state index in [2.05, 4.69) is 20.8 Å². The molecule has 1 fully saturated rings. The summed E-state index contributed by atoms with van der Waals surface area (Å²) in [6.45, 7) is 1.99. The molecule has 116 valence electrons. The first kappa shape index (κ1) is 15.3. The summed E-state index contributed by atoms with van der Waals surface area (Å²) in [6, 6.07) is 10.5. The van der Waals surface area contributed by atoms with Crippen molar-refractivity contribution in [3.05, 3.63) is 35.9 Å². The minimum absolute atomic E-state index is 0.00764. The molecule has 0 bridgehead atoms. The average Bonchev–Trinajstić information content (AvgIpc) is 3.23. The highest BCUT2D eigenvalue weighted by atomic mass is 32.2. The molecule has 2 aromatic rings. The number of benzene rings is 1. The Morgan fingerprint density at radius 3 is 2.86 bits per heavy atom. The van der Waals surface area contributed by atoms with Crippen molar-refractivity contribution in [1.29, 1.82) is 0 Å². The van der Waals surface area contributed by atoms with Gasteiger partial charge in [-0.3, -0.25) is 4.79 Å². The normalized spacial score (nSPS) is 15.3. The fourth-order valence-corrected chi connectivity index (χ4v) is 3.60. The molecular formula is C15H18N4OS2. The summed E-state index contributed by atoms with van der Waals surface area (Å²) in [5.41, 5.74) is 1.10. The summed E-state index contributed by atoms with van der Waals surface area (Å²) in [6.07, 6.45) is 2.42. The summed E-state index contributed by atoms with van der Waals surface area (Å²) in [7, 11) is 0. The third kappa shape index (κ3) is 4.45. The topological polar surface area (TPSA) is 66.9 Å². The number of carbonyl (C=O) groups excluding carboxylic acids is 1. The molecule has 7 heteroatoms. The molecule has 1 aliphatic carbocycles. The van der Waals surface area contributed by atoms with E-state index in [1.54, 1.807) is 0 Å². The van der Waals surface area contributed by atoms with Gasteiger partial charge in [0.15, 0.2) is 4.34 Å². The van der Waals surface area contributed by atoms with Gasteiger partial charge in [0.25, 0.3) is 0 Å². The van der Waals surface area contributed by atoms with Crippen LogP contribution in [0.5, 0.6) is 0 Å². The first-order valence-corrected chi connectivity index (χ1v) is 9.08. The van der Waals surface area contributed by atoms with Gasteiger partial charge in [0.2, 0.25) is 11.0 Å². The fraction of sp³-hybridized carbons (Fsp3) is 0.400. The summed E-state index contributed by atoms with van der Waals surface area (Å²) in [5.74, 6) is 0.364. The number of amides is 1. The second-order valence-corrected chi connectivity index (χ2v) is 7.48. The number of nitrogens with zero attached hydrogens (tertiary/aromatic N) is 2. The number of nitrogens with one attached hydrogen (secondary N) is 2. The van der Waals surface area contributed by atoms with Gasteiger partial charge in [-0.05, 0) is 25.3 Å². The zero-order valence-electron chi connectivity index (χ0n) is 12.3. The number of anilines is 1. The third-order valence-corrected chi connectivity index (χ3v) is 5.30. The lowest BCUT2D eigenvalue weighted by Gasteiger charge is -2.13. The molecule has 1 aromatic carbocycles. The van der Waals surface area contributed by atoms with Crippen LogP contribution in [0, 0.1) is 0 Å². The molecule has 1 aromatic heterocycles. The highest BCUT2D eigenvalue weighted by Gasteiger charge is 2.22. The first-order valence-electron chi connectivity index (χ1n) is 7.28. The summed E-state index contributed by atoms with van der Waals surface area (Å²) < 4.78 is 0.825. The molecule has 0 spiro atoms. The molecule has 0 unspecified atom stereocenters. The van der Waals surface area contributed by atoms with Gasteiger partial charge in [0, 0.05) is 6.04 Å². The highest BCUT2D eigenvalue weighted by molar-refractivity contribution is 8.01. The molecule has 0 saturated heterocycles. The van der Waals surface area contributed by atoms with Crippen LogP contribution < -0.4 is 10.6 Å². The maximum Gasteiger partial charge on any atom is 0.230 e. The number of aromatic nitrogens is 2. The van der Waals surface area contributed by atoms with E-state index >= 15 is 0 Å². The largest absolute Gasteiger partial charge is 0.357 e.